The number of aliphatic hydroxyl groups excluding tert-OH is 1. The van der Waals surface area contributed by atoms with Gasteiger partial charge in [0.1, 0.15) is 23.7 Å². The van der Waals surface area contributed by atoms with Gasteiger partial charge in [0, 0.05) is 18.3 Å². The smallest absolute Gasteiger partial charge is 0.309 e. The first-order chi connectivity index (χ1) is 17.1. The normalized spacial score (nSPS) is 32.5. The van der Waals surface area contributed by atoms with Gasteiger partial charge in [-0.25, -0.2) is 0 Å². The van der Waals surface area contributed by atoms with E-state index in [1.54, 1.807) is 6.07 Å². The molecular formula is C27H38O9. The number of fused-ring (bicyclic) bond motifs is 2. The van der Waals surface area contributed by atoms with Gasteiger partial charge in [-0.1, -0.05) is 20.3 Å². The third-order valence-electron chi connectivity index (χ3n) is 7.73. The lowest BCUT2D eigenvalue weighted by atomic mass is 9.71. The molecule has 0 unspecified atom stereocenters. The number of ether oxygens (including phenoxy) is 4. The number of esters is 2. The number of carbonyl (C=O) groups excluding carboxylic acids is 2. The number of phenols is 2. The van der Waals surface area contributed by atoms with Crippen molar-refractivity contribution in [3.63, 3.8) is 0 Å². The number of benzene rings is 1. The zero-order chi connectivity index (χ0) is 25.9. The number of cyclic esters (lactones) is 1. The molecule has 1 spiro atoms. The van der Waals surface area contributed by atoms with Crippen molar-refractivity contribution in [3.8, 4) is 11.5 Å². The van der Waals surface area contributed by atoms with E-state index in [1.165, 1.54) is 12.1 Å². The average Bonchev–Trinajstić information content (AvgIpc) is 2.80. The number of hydrogen-bond donors (Lipinski definition) is 3. The van der Waals surface area contributed by atoms with E-state index in [4.69, 9.17) is 18.9 Å². The zero-order valence-corrected chi connectivity index (χ0v) is 21.1. The molecule has 3 N–H and O–H groups in total. The molecule has 3 aliphatic heterocycles. The van der Waals surface area contributed by atoms with Crippen LogP contribution >= 0.6 is 0 Å². The van der Waals surface area contributed by atoms with E-state index >= 15 is 0 Å². The topological polar surface area (TPSA) is 132 Å². The van der Waals surface area contributed by atoms with Gasteiger partial charge in [-0.2, -0.15) is 0 Å². The summed E-state index contributed by atoms with van der Waals surface area (Å²) < 4.78 is 24.3. The number of carbonyl (C=O) groups is 2. The third kappa shape index (κ3) is 6.12. The molecule has 9 nitrogen and oxygen atoms in total. The minimum Gasteiger partial charge on any atom is -0.508 e. The van der Waals surface area contributed by atoms with Gasteiger partial charge in [0.15, 0.2) is 5.79 Å². The molecule has 3 heterocycles. The van der Waals surface area contributed by atoms with Crippen LogP contribution in [0.3, 0.4) is 0 Å². The minimum absolute atomic E-state index is 0.0372. The van der Waals surface area contributed by atoms with Crippen molar-refractivity contribution in [1.82, 2.24) is 0 Å². The number of aryl methyl sites for hydroxylation is 1. The Labute approximate surface area is 211 Å². The van der Waals surface area contributed by atoms with E-state index in [0.717, 1.165) is 19.3 Å². The van der Waals surface area contributed by atoms with Gasteiger partial charge in [0.25, 0.3) is 0 Å². The maximum Gasteiger partial charge on any atom is 0.309 e. The molecule has 0 amide bonds. The Hall–Kier alpha value is -2.36. The molecule has 5 atom stereocenters. The number of aliphatic hydroxyl groups is 1. The standard InChI is InChI=1S/C27H38O9/c1-26(2)10-9-20-13-24(31)34-22(16-28)14-25(32)33-21-12-19(35-27(26,15-21)36-20)6-4-3-5-17-11-18(29)7-8-23(17)30/h7-8,11,19-22,28-30H,3-6,9-10,12-16H2,1-2H3/t19-,20-,21-,22-,27+/m1/s1. The van der Waals surface area contributed by atoms with Gasteiger partial charge in [-0.05, 0) is 55.9 Å². The van der Waals surface area contributed by atoms with E-state index < -0.39 is 36.5 Å². The Morgan fingerprint density at radius 3 is 2.53 bits per heavy atom. The first kappa shape index (κ1) is 26.7. The summed E-state index contributed by atoms with van der Waals surface area (Å²) in [6.07, 6.45) is 3.18. The Kier molecular flexibility index (Phi) is 8.12. The number of hydrogen-bond acceptors (Lipinski definition) is 9. The van der Waals surface area contributed by atoms with Crippen molar-refractivity contribution in [3.05, 3.63) is 23.8 Å². The van der Waals surface area contributed by atoms with Crippen molar-refractivity contribution in [2.24, 2.45) is 5.41 Å². The van der Waals surface area contributed by atoms with Gasteiger partial charge < -0.3 is 34.3 Å². The van der Waals surface area contributed by atoms with Gasteiger partial charge in [-0.15, -0.1) is 0 Å². The molecule has 3 fully saturated rings. The lowest BCUT2D eigenvalue weighted by molar-refractivity contribution is -0.373. The summed E-state index contributed by atoms with van der Waals surface area (Å²) in [7, 11) is 0. The molecule has 0 radical (unpaired) electrons. The summed E-state index contributed by atoms with van der Waals surface area (Å²) in [5.74, 6) is -1.74. The van der Waals surface area contributed by atoms with Gasteiger partial charge in [0.05, 0.1) is 31.7 Å². The quantitative estimate of drug-likeness (QED) is 0.301. The second-order valence-corrected chi connectivity index (χ2v) is 11.0. The van der Waals surface area contributed by atoms with Crippen LogP contribution in [0.1, 0.15) is 77.2 Å². The van der Waals surface area contributed by atoms with Crippen molar-refractivity contribution in [2.45, 2.75) is 108 Å². The highest BCUT2D eigenvalue weighted by molar-refractivity contribution is 5.73. The largest absolute Gasteiger partial charge is 0.508 e. The summed E-state index contributed by atoms with van der Waals surface area (Å²) in [6, 6.07) is 4.52. The molecule has 1 aromatic carbocycles. The Morgan fingerprint density at radius 2 is 1.75 bits per heavy atom. The second-order valence-electron chi connectivity index (χ2n) is 11.0. The van der Waals surface area contributed by atoms with Crippen molar-refractivity contribution in [2.75, 3.05) is 6.61 Å². The molecule has 0 aromatic heterocycles. The molecule has 200 valence electrons. The van der Waals surface area contributed by atoms with E-state index in [1.807, 2.05) is 0 Å². The van der Waals surface area contributed by atoms with E-state index in [0.29, 0.717) is 37.7 Å². The highest BCUT2D eigenvalue weighted by atomic mass is 16.7. The molecule has 0 aliphatic carbocycles. The molecule has 3 saturated heterocycles. The van der Waals surface area contributed by atoms with Crippen LogP contribution in [-0.2, 0) is 35.0 Å². The Bertz CT molecular complexity index is 941. The van der Waals surface area contributed by atoms with Gasteiger partial charge >= 0.3 is 11.9 Å². The third-order valence-corrected chi connectivity index (χ3v) is 7.73. The molecule has 0 saturated carbocycles. The lowest BCUT2D eigenvalue weighted by Crippen LogP contribution is -2.61. The molecular weight excluding hydrogens is 468 g/mol. The molecule has 36 heavy (non-hydrogen) atoms. The van der Waals surface area contributed by atoms with E-state index in [2.05, 4.69) is 13.8 Å². The monoisotopic (exact) mass is 506 g/mol. The van der Waals surface area contributed by atoms with Crippen LogP contribution in [-0.4, -0.2) is 64.1 Å². The van der Waals surface area contributed by atoms with Gasteiger partial charge in [0.2, 0.25) is 0 Å². The van der Waals surface area contributed by atoms with Crippen molar-refractivity contribution < 1.29 is 43.9 Å². The van der Waals surface area contributed by atoms with Crippen LogP contribution in [0.4, 0.5) is 0 Å². The number of unbranched alkanes of at least 4 members (excludes halogenated alkanes) is 1. The molecule has 9 heteroatoms. The SMILES string of the molecule is CC1(C)CC[C@@H]2CC(=O)O[C@@H](CO)CC(=O)O[C@@H]3C[C@@H](CCCCc4cc(O)ccc4O)O[C@@]1(C3)O2. The summed E-state index contributed by atoms with van der Waals surface area (Å²) in [6.45, 7) is 3.72. The summed E-state index contributed by atoms with van der Waals surface area (Å²) in [4.78, 5) is 25.1. The predicted octanol–water partition coefficient (Wildman–Crippen LogP) is 3.50. The zero-order valence-electron chi connectivity index (χ0n) is 21.1. The van der Waals surface area contributed by atoms with E-state index in [-0.39, 0.29) is 42.0 Å². The highest BCUT2D eigenvalue weighted by Gasteiger charge is 2.57. The summed E-state index contributed by atoms with van der Waals surface area (Å²) in [5.41, 5.74) is 0.337. The van der Waals surface area contributed by atoms with Crippen LogP contribution in [0, 0.1) is 5.41 Å². The van der Waals surface area contributed by atoms with Crippen LogP contribution in [0.2, 0.25) is 0 Å². The fourth-order valence-electron chi connectivity index (χ4n) is 5.61. The van der Waals surface area contributed by atoms with Crippen LogP contribution in [0.15, 0.2) is 18.2 Å². The van der Waals surface area contributed by atoms with Crippen LogP contribution < -0.4 is 0 Å². The Morgan fingerprint density at radius 1 is 0.972 bits per heavy atom. The molecule has 3 bridgehead atoms. The average molecular weight is 507 g/mol. The molecule has 4 rings (SSSR count). The molecule has 3 aliphatic rings. The predicted molar refractivity (Wildman–Crippen MR) is 128 cm³/mol. The first-order valence-corrected chi connectivity index (χ1v) is 13.0. The lowest BCUT2D eigenvalue weighted by Gasteiger charge is -2.56. The highest BCUT2D eigenvalue weighted by Crippen LogP contribution is 2.52. The van der Waals surface area contributed by atoms with Crippen molar-refractivity contribution >= 4 is 11.9 Å². The second kappa shape index (κ2) is 10.9. The summed E-state index contributed by atoms with van der Waals surface area (Å²) in [5, 5.41) is 29.3. The van der Waals surface area contributed by atoms with Crippen molar-refractivity contribution in [1.29, 1.82) is 0 Å². The number of rotatable bonds is 6. The number of phenolic OH excluding ortho intramolecular Hbond substituents is 2. The fraction of sp³-hybridized carbons (Fsp3) is 0.704. The van der Waals surface area contributed by atoms with E-state index in [9.17, 15) is 24.9 Å². The maximum atomic E-state index is 12.6. The van der Waals surface area contributed by atoms with Crippen LogP contribution in [0.5, 0.6) is 11.5 Å². The summed E-state index contributed by atoms with van der Waals surface area (Å²) >= 11 is 0. The number of aromatic hydroxyl groups is 2. The van der Waals surface area contributed by atoms with Gasteiger partial charge in [-0.3, -0.25) is 9.59 Å². The first-order valence-electron chi connectivity index (χ1n) is 13.0. The maximum absolute atomic E-state index is 12.6. The fourth-order valence-corrected chi connectivity index (χ4v) is 5.61. The minimum atomic E-state index is -0.997. The van der Waals surface area contributed by atoms with Crippen LogP contribution in [0.25, 0.3) is 0 Å². The Balaban J connectivity index is 1.48. The molecule has 1 aromatic rings.